The van der Waals surface area contributed by atoms with Gasteiger partial charge in [-0.2, -0.15) is 0 Å². The largest absolute Gasteiger partial charge is 0.493 e. The van der Waals surface area contributed by atoms with Crippen molar-refractivity contribution in [3.05, 3.63) is 29.1 Å². The first-order valence-electron chi connectivity index (χ1n) is 4.54. The zero-order valence-electron chi connectivity index (χ0n) is 7.66. The molecule has 0 saturated heterocycles. The van der Waals surface area contributed by atoms with Gasteiger partial charge in [0.05, 0.1) is 13.2 Å². The number of rotatable bonds is 1. The molecule has 1 heterocycles. The van der Waals surface area contributed by atoms with E-state index in [0.29, 0.717) is 24.3 Å². The lowest BCUT2D eigenvalue weighted by Crippen LogP contribution is -2.22. The summed E-state index contributed by atoms with van der Waals surface area (Å²) in [6.07, 6.45) is 0.656. The number of halogens is 1. The van der Waals surface area contributed by atoms with Gasteiger partial charge in [0, 0.05) is 23.6 Å². The van der Waals surface area contributed by atoms with Crippen LogP contribution in [0.15, 0.2) is 12.1 Å². The third kappa shape index (κ3) is 1.36. The van der Waals surface area contributed by atoms with Gasteiger partial charge < -0.3 is 15.6 Å². The minimum atomic E-state index is -0.424. The van der Waals surface area contributed by atoms with Crippen LogP contribution in [-0.2, 0) is 6.61 Å². The van der Waals surface area contributed by atoms with Crippen molar-refractivity contribution in [2.24, 2.45) is 5.73 Å². The molecule has 0 aliphatic carbocycles. The molecule has 2 rings (SSSR count). The highest BCUT2D eigenvalue weighted by atomic mass is 19.1. The van der Waals surface area contributed by atoms with Crippen molar-refractivity contribution in [3.63, 3.8) is 0 Å². The van der Waals surface area contributed by atoms with E-state index in [0.717, 1.165) is 0 Å². The topological polar surface area (TPSA) is 55.5 Å². The number of nitrogens with two attached hydrogens (primary N) is 1. The van der Waals surface area contributed by atoms with Crippen molar-refractivity contribution in [3.8, 4) is 5.75 Å². The Morgan fingerprint density at radius 1 is 1.57 bits per heavy atom. The molecule has 76 valence electrons. The second-order valence-electron chi connectivity index (χ2n) is 3.34. The zero-order valence-corrected chi connectivity index (χ0v) is 7.66. The number of hydrogen-bond acceptors (Lipinski definition) is 3. The maximum Gasteiger partial charge on any atom is 0.129 e. The Morgan fingerprint density at radius 2 is 2.36 bits per heavy atom. The van der Waals surface area contributed by atoms with Gasteiger partial charge in [-0.3, -0.25) is 0 Å². The molecule has 1 aromatic rings. The second kappa shape index (κ2) is 3.55. The van der Waals surface area contributed by atoms with Crippen LogP contribution in [0.2, 0.25) is 0 Å². The molecule has 0 aromatic heterocycles. The van der Waals surface area contributed by atoms with Crippen molar-refractivity contribution < 1.29 is 14.2 Å². The Kier molecular flexibility index (Phi) is 2.39. The molecule has 0 unspecified atom stereocenters. The summed E-state index contributed by atoms with van der Waals surface area (Å²) < 4.78 is 18.6. The van der Waals surface area contributed by atoms with Crippen molar-refractivity contribution in [2.75, 3.05) is 6.61 Å². The summed E-state index contributed by atoms with van der Waals surface area (Å²) in [6.45, 7) is 0.205. The molecule has 0 amide bonds. The molecular weight excluding hydrogens is 185 g/mol. The molecule has 0 spiro atoms. The van der Waals surface area contributed by atoms with Crippen LogP contribution in [0.25, 0.3) is 0 Å². The molecule has 3 nitrogen and oxygen atoms in total. The van der Waals surface area contributed by atoms with Crippen molar-refractivity contribution >= 4 is 0 Å². The Labute approximate surface area is 81.3 Å². The fraction of sp³-hybridized carbons (Fsp3) is 0.400. The lowest BCUT2D eigenvalue weighted by atomic mass is 9.96. The highest BCUT2D eigenvalue weighted by Crippen LogP contribution is 2.34. The van der Waals surface area contributed by atoms with Crippen LogP contribution < -0.4 is 10.5 Å². The van der Waals surface area contributed by atoms with Gasteiger partial charge in [0.1, 0.15) is 11.6 Å². The van der Waals surface area contributed by atoms with Crippen molar-refractivity contribution in [1.29, 1.82) is 0 Å². The van der Waals surface area contributed by atoms with E-state index in [4.69, 9.17) is 15.6 Å². The van der Waals surface area contributed by atoms with Crippen LogP contribution in [0.3, 0.4) is 0 Å². The van der Waals surface area contributed by atoms with Gasteiger partial charge in [-0.05, 0) is 12.1 Å². The van der Waals surface area contributed by atoms with Crippen LogP contribution in [0.5, 0.6) is 5.75 Å². The molecule has 4 heteroatoms. The second-order valence-corrected chi connectivity index (χ2v) is 3.34. The summed E-state index contributed by atoms with van der Waals surface area (Å²) in [4.78, 5) is 0. The van der Waals surface area contributed by atoms with E-state index in [1.807, 2.05) is 0 Å². The Bertz CT molecular complexity index is 354. The van der Waals surface area contributed by atoms with E-state index in [1.165, 1.54) is 6.07 Å². The van der Waals surface area contributed by atoms with Gasteiger partial charge >= 0.3 is 0 Å². The predicted octanol–water partition coefficient (Wildman–Crippen LogP) is 1.10. The summed E-state index contributed by atoms with van der Waals surface area (Å²) >= 11 is 0. The number of aliphatic hydroxyl groups is 1. The van der Waals surface area contributed by atoms with E-state index in [1.54, 1.807) is 6.07 Å². The van der Waals surface area contributed by atoms with Crippen molar-refractivity contribution in [1.82, 2.24) is 0 Å². The van der Waals surface area contributed by atoms with Crippen molar-refractivity contribution in [2.45, 2.75) is 19.1 Å². The first kappa shape index (κ1) is 9.43. The fourth-order valence-corrected chi connectivity index (χ4v) is 1.75. The molecule has 1 atom stereocenters. The number of fused-ring (bicyclic) bond motifs is 1. The molecule has 0 fully saturated rings. The Morgan fingerprint density at radius 3 is 3.07 bits per heavy atom. The molecule has 0 saturated carbocycles. The van der Waals surface area contributed by atoms with Gasteiger partial charge in [-0.25, -0.2) is 4.39 Å². The van der Waals surface area contributed by atoms with Gasteiger partial charge in [0.25, 0.3) is 0 Å². The molecule has 3 N–H and O–H groups in total. The summed E-state index contributed by atoms with van der Waals surface area (Å²) in [7, 11) is 0. The molecule has 1 aliphatic heterocycles. The van der Waals surface area contributed by atoms with Crippen LogP contribution >= 0.6 is 0 Å². The van der Waals surface area contributed by atoms with Gasteiger partial charge in [0.2, 0.25) is 0 Å². The first-order valence-corrected chi connectivity index (χ1v) is 4.54. The van der Waals surface area contributed by atoms with E-state index >= 15 is 0 Å². The van der Waals surface area contributed by atoms with Gasteiger partial charge in [-0.1, -0.05) is 0 Å². The monoisotopic (exact) mass is 197 g/mol. The predicted molar refractivity (Wildman–Crippen MR) is 49.4 cm³/mol. The quantitative estimate of drug-likeness (QED) is 0.708. The number of ether oxygens (including phenoxy) is 1. The summed E-state index contributed by atoms with van der Waals surface area (Å²) in [5.41, 5.74) is 6.70. The number of hydrogen-bond donors (Lipinski definition) is 2. The maximum atomic E-state index is 13.3. The average Bonchev–Trinajstić information content (AvgIpc) is 2.19. The SMILES string of the molecule is N[C@@H]1CCOc2ccc(F)c(CO)c21. The summed E-state index contributed by atoms with van der Waals surface area (Å²) in [6, 6.07) is 2.61. The van der Waals surface area contributed by atoms with E-state index in [2.05, 4.69) is 0 Å². The van der Waals surface area contributed by atoms with Crippen LogP contribution in [0, 0.1) is 5.82 Å². The highest BCUT2D eigenvalue weighted by Gasteiger charge is 2.23. The van der Waals surface area contributed by atoms with Crippen LogP contribution in [0.1, 0.15) is 23.6 Å². The Balaban J connectivity index is 2.57. The van der Waals surface area contributed by atoms with E-state index in [9.17, 15) is 4.39 Å². The summed E-state index contributed by atoms with van der Waals surface area (Å²) in [5.74, 6) is 0.168. The smallest absolute Gasteiger partial charge is 0.129 e. The van der Waals surface area contributed by atoms with E-state index in [-0.39, 0.29) is 18.2 Å². The lowest BCUT2D eigenvalue weighted by Gasteiger charge is -2.25. The minimum Gasteiger partial charge on any atom is -0.493 e. The molecule has 1 aliphatic rings. The standard InChI is InChI=1S/C10H12FNO2/c11-7-1-2-9-10(6(7)5-13)8(12)3-4-14-9/h1-2,8,13H,3-5,12H2/t8-/m1/s1. The molecule has 0 bridgehead atoms. The molecular formula is C10H12FNO2. The first-order chi connectivity index (χ1) is 6.74. The minimum absolute atomic E-state index is 0.239. The fourth-order valence-electron chi connectivity index (χ4n) is 1.75. The summed E-state index contributed by atoms with van der Waals surface area (Å²) in [5, 5.41) is 9.04. The molecule has 14 heavy (non-hydrogen) atoms. The van der Waals surface area contributed by atoms with Gasteiger partial charge in [-0.15, -0.1) is 0 Å². The van der Waals surface area contributed by atoms with E-state index < -0.39 is 5.82 Å². The maximum absolute atomic E-state index is 13.3. The molecule has 1 aromatic carbocycles. The Hall–Kier alpha value is -1.13. The third-order valence-corrected chi connectivity index (χ3v) is 2.48. The zero-order chi connectivity index (χ0) is 10.1. The number of benzene rings is 1. The lowest BCUT2D eigenvalue weighted by molar-refractivity contribution is 0.249. The third-order valence-electron chi connectivity index (χ3n) is 2.48. The average molecular weight is 197 g/mol. The van der Waals surface area contributed by atoms with Crippen LogP contribution in [-0.4, -0.2) is 11.7 Å². The highest BCUT2D eigenvalue weighted by molar-refractivity contribution is 5.44. The number of aliphatic hydroxyl groups excluding tert-OH is 1. The van der Waals surface area contributed by atoms with Crippen LogP contribution in [0.4, 0.5) is 4.39 Å². The van der Waals surface area contributed by atoms with Gasteiger partial charge in [0.15, 0.2) is 0 Å². The normalized spacial score (nSPS) is 20.1. The molecule has 0 radical (unpaired) electrons.